The molecule has 1 N–H and O–H groups in total. The monoisotopic (exact) mass is 373 g/mol. The summed E-state index contributed by atoms with van der Waals surface area (Å²) in [5.74, 6) is -18.2. The van der Waals surface area contributed by atoms with E-state index in [1.54, 1.807) is 0 Å². The predicted octanol–water partition coefficient (Wildman–Crippen LogP) is 3.26. The Hall–Kier alpha value is -2.01. The molecule has 1 atom stereocenters. The van der Waals surface area contributed by atoms with Gasteiger partial charge in [0.25, 0.3) is 10.0 Å². The molecule has 0 radical (unpaired) electrons. The van der Waals surface area contributed by atoms with Crippen LogP contribution in [0.25, 0.3) is 0 Å². The minimum absolute atomic E-state index is 0.271. The first kappa shape index (κ1) is 18.3. The molecule has 0 aliphatic heterocycles. The molecule has 24 heavy (non-hydrogen) atoms. The summed E-state index contributed by atoms with van der Waals surface area (Å²) in [5, 5.41) is 0. The van der Waals surface area contributed by atoms with Gasteiger partial charge in [-0.25, -0.2) is 21.6 Å². The molecule has 1 aliphatic rings. The molecule has 0 fully saturated rings. The summed E-state index contributed by atoms with van der Waals surface area (Å²) in [6.07, 6.45) is 0. The summed E-state index contributed by atoms with van der Waals surface area (Å²) in [6, 6.07) is 5.91. The molecule has 0 bridgehead atoms. The van der Waals surface area contributed by atoms with Crippen LogP contribution in [0.1, 0.15) is 0 Å². The lowest BCUT2D eigenvalue weighted by atomic mass is 9.99. The van der Waals surface area contributed by atoms with Crippen molar-refractivity contribution in [1.82, 2.24) is 4.72 Å². The van der Waals surface area contributed by atoms with Crippen LogP contribution in [-0.4, -0.2) is 27.3 Å². The van der Waals surface area contributed by atoms with Crippen LogP contribution in [-0.2, 0) is 14.8 Å². The number of halogens is 6. The topological polar surface area (TPSA) is 55.4 Å². The summed E-state index contributed by atoms with van der Waals surface area (Å²) in [7, 11) is -4.46. The number of nitrogens with one attached hydrogen (secondary N) is 1. The number of hydrogen-bond acceptors (Lipinski definition) is 3. The highest BCUT2D eigenvalue weighted by Gasteiger charge is 2.67. The average molecular weight is 373 g/mol. The van der Waals surface area contributed by atoms with E-state index in [0.717, 1.165) is 16.9 Å². The third kappa shape index (κ3) is 2.57. The number of sulfonamides is 1. The zero-order valence-electron chi connectivity index (χ0n) is 11.8. The number of hydrogen-bond donors (Lipinski definition) is 1. The van der Waals surface area contributed by atoms with Crippen molar-refractivity contribution in [1.29, 1.82) is 0 Å². The molecule has 4 nitrogen and oxygen atoms in total. The Balaban J connectivity index is 2.57. The lowest BCUT2D eigenvalue weighted by Crippen LogP contribution is -2.51. The molecule has 0 heterocycles. The number of ether oxygens (including phenoxy) is 1. The molecule has 0 spiro atoms. The van der Waals surface area contributed by atoms with Gasteiger partial charge in [-0.1, -0.05) is 18.2 Å². The first-order chi connectivity index (χ1) is 11.0. The highest BCUT2D eigenvalue weighted by atomic mass is 32.2. The van der Waals surface area contributed by atoms with Crippen LogP contribution in [0.3, 0.4) is 0 Å². The van der Waals surface area contributed by atoms with Crippen molar-refractivity contribution in [2.75, 3.05) is 7.11 Å². The zero-order valence-corrected chi connectivity index (χ0v) is 12.6. The van der Waals surface area contributed by atoms with Gasteiger partial charge in [0.15, 0.2) is 5.83 Å². The summed E-state index contributed by atoms with van der Waals surface area (Å²) in [6.45, 7) is 0. The minimum atomic E-state index is -5.30. The van der Waals surface area contributed by atoms with Gasteiger partial charge in [-0.3, -0.25) is 4.72 Å². The van der Waals surface area contributed by atoms with Gasteiger partial charge in [0.1, 0.15) is 5.70 Å². The third-order valence-corrected chi connectivity index (χ3v) is 4.53. The number of alkyl halides is 3. The molecule has 0 aromatic heterocycles. The fourth-order valence-electron chi connectivity index (χ4n) is 1.88. The van der Waals surface area contributed by atoms with E-state index in [1.165, 1.54) is 18.2 Å². The molecule has 1 aromatic carbocycles. The predicted molar refractivity (Wildman–Crippen MR) is 69.9 cm³/mol. The van der Waals surface area contributed by atoms with Crippen molar-refractivity contribution in [3.8, 4) is 0 Å². The maximum Gasteiger partial charge on any atom is 0.365 e. The lowest BCUT2D eigenvalue weighted by molar-refractivity contribution is -0.245. The number of rotatable bonds is 4. The van der Waals surface area contributed by atoms with Crippen LogP contribution < -0.4 is 4.72 Å². The average Bonchev–Trinajstić information content (AvgIpc) is 2.56. The normalized spacial score (nSPS) is 24.3. The first-order valence-corrected chi connectivity index (χ1v) is 7.63. The van der Waals surface area contributed by atoms with Crippen LogP contribution in [0.4, 0.5) is 26.3 Å². The van der Waals surface area contributed by atoms with Crippen molar-refractivity contribution in [2.45, 2.75) is 16.7 Å². The fraction of sp³-hybridized carbons (Fsp3) is 0.231. The van der Waals surface area contributed by atoms with Gasteiger partial charge in [0.05, 0.1) is 4.90 Å². The molecule has 1 aromatic rings. The Kier molecular flexibility index (Phi) is 4.44. The minimum Gasteiger partial charge on any atom is -0.339 e. The second-order valence-electron chi connectivity index (χ2n) is 4.61. The molecule has 11 heteroatoms. The van der Waals surface area contributed by atoms with Gasteiger partial charge >= 0.3 is 11.8 Å². The van der Waals surface area contributed by atoms with E-state index < -0.39 is 49.9 Å². The molecular weight excluding hydrogens is 364 g/mol. The highest BCUT2D eigenvalue weighted by molar-refractivity contribution is 7.89. The summed E-state index contributed by atoms with van der Waals surface area (Å²) in [5.41, 5.74) is -2.04. The summed E-state index contributed by atoms with van der Waals surface area (Å²) < 4.78 is 111. The van der Waals surface area contributed by atoms with E-state index >= 15 is 0 Å². The molecule has 132 valence electrons. The second-order valence-corrected chi connectivity index (χ2v) is 6.29. The Morgan fingerprint density at radius 3 is 2.04 bits per heavy atom. The van der Waals surface area contributed by atoms with Gasteiger partial charge in [-0.15, -0.1) is 0 Å². The quantitative estimate of drug-likeness (QED) is 0.825. The van der Waals surface area contributed by atoms with Gasteiger partial charge in [0, 0.05) is 7.11 Å². The largest absolute Gasteiger partial charge is 0.365 e. The number of allylic oxidation sites excluding steroid dienone is 1. The Labute approximate surface area is 132 Å². The summed E-state index contributed by atoms with van der Waals surface area (Å²) >= 11 is 0. The van der Waals surface area contributed by atoms with E-state index in [0.29, 0.717) is 0 Å². The van der Waals surface area contributed by atoms with Crippen LogP contribution >= 0.6 is 0 Å². The second kappa shape index (κ2) is 5.81. The van der Waals surface area contributed by atoms with E-state index in [2.05, 4.69) is 4.74 Å². The number of methoxy groups -OCH3 is 1. The third-order valence-electron chi connectivity index (χ3n) is 3.16. The Morgan fingerprint density at radius 2 is 1.54 bits per heavy atom. The Morgan fingerprint density at radius 1 is 1.00 bits per heavy atom. The SMILES string of the molecule is COC1(F)C(F)=C(F)C(NS(=O)(=O)c2ccccc2)=C(F)C1(F)F. The standard InChI is InChI=1S/C13H9F6NO3S/c1-23-13(19)10(15)8(14)9(11(16)12(13,17)18)20-24(21,22)7-5-3-2-4-6-7/h2-6,20H,1H3. The van der Waals surface area contributed by atoms with Gasteiger partial charge in [-0.05, 0) is 12.1 Å². The molecule has 1 aliphatic carbocycles. The van der Waals surface area contributed by atoms with Gasteiger partial charge < -0.3 is 4.74 Å². The molecule has 0 saturated carbocycles. The van der Waals surface area contributed by atoms with Crippen LogP contribution in [0.15, 0.2) is 58.4 Å². The maximum absolute atomic E-state index is 13.8. The van der Waals surface area contributed by atoms with E-state index in [-0.39, 0.29) is 7.11 Å². The smallest absolute Gasteiger partial charge is 0.339 e. The zero-order chi connectivity index (χ0) is 18.3. The lowest BCUT2D eigenvalue weighted by Gasteiger charge is -2.33. The maximum atomic E-state index is 13.8. The Bertz CT molecular complexity index is 821. The van der Waals surface area contributed by atoms with Crippen molar-refractivity contribution in [3.63, 3.8) is 0 Å². The molecule has 2 rings (SSSR count). The van der Waals surface area contributed by atoms with Crippen LogP contribution in [0.5, 0.6) is 0 Å². The first-order valence-electron chi connectivity index (χ1n) is 6.15. The van der Waals surface area contributed by atoms with Crippen molar-refractivity contribution in [2.24, 2.45) is 0 Å². The molecule has 1 unspecified atom stereocenters. The van der Waals surface area contributed by atoms with Crippen LogP contribution in [0, 0.1) is 0 Å². The van der Waals surface area contributed by atoms with Crippen molar-refractivity contribution < 1.29 is 39.5 Å². The van der Waals surface area contributed by atoms with E-state index in [1.807, 2.05) is 0 Å². The van der Waals surface area contributed by atoms with E-state index in [4.69, 9.17) is 0 Å². The van der Waals surface area contributed by atoms with Gasteiger partial charge in [0.2, 0.25) is 11.7 Å². The van der Waals surface area contributed by atoms with Crippen LogP contribution in [0.2, 0.25) is 0 Å². The fourth-order valence-corrected chi connectivity index (χ4v) is 2.96. The molecule has 0 saturated heterocycles. The van der Waals surface area contributed by atoms with Crippen molar-refractivity contribution >= 4 is 10.0 Å². The summed E-state index contributed by atoms with van der Waals surface area (Å²) in [4.78, 5) is -0.536. The molecular formula is C13H9F6NO3S. The van der Waals surface area contributed by atoms with E-state index in [9.17, 15) is 34.8 Å². The number of benzene rings is 1. The highest BCUT2D eigenvalue weighted by Crippen LogP contribution is 2.51. The molecule has 0 amide bonds. The van der Waals surface area contributed by atoms with Gasteiger partial charge in [-0.2, -0.15) is 13.2 Å². The van der Waals surface area contributed by atoms with Crippen molar-refractivity contribution in [3.05, 3.63) is 53.5 Å².